The van der Waals surface area contributed by atoms with Gasteiger partial charge in [-0.05, 0) is 24.3 Å². The summed E-state index contributed by atoms with van der Waals surface area (Å²) in [5.74, 6) is 1.32. The number of hydrogen-bond acceptors (Lipinski definition) is 6. The number of ether oxygens (including phenoxy) is 1. The molecule has 0 aliphatic carbocycles. The number of aromatic nitrogens is 5. The molecule has 0 spiro atoms. The normalized spacial score (nSPS) is 10.7. The van der Waals surface area contributed by atoms with Crippen molar-refractivity contribution in [1.29, 1.82) is 0 Å². The van der Waals surface area contributed by atoms with Crippen molar-refractivity contribution in [1.82, 2.24) is 25.2 Å². The molecule has 0 fully saturated rings. The van der Waals surface area contributed by atoms with Crippen LogP contribution in [-0.4, -0.2) is 25.2 Å². The molecule has 0 saturated heterocycles. The van der Waals surface area contributed by atoms with Gasteiger partial charge in [0.15, 0.2) is 6.61 Å². The lowest BCUT2D eigenvalue weighted by atomic mass is 10.2. The SMILES string of the molecule is Cc1csc(-c2cccc(OCc3nnn(C)n3)c2)n1. The quantitative estimate of drug-likeness (QED) is 0.736. The summed E-state index contributed by atoms with van der Waals surface area (Å²) < 4.78 is 5.67. The van der Waals surface area contributed by atoms with Crippen LogP contribution in [0.3, 0.4) is 0 Å². The van der Waals surface area contributed by atoms with Gasteiger partial charge in [-0.2, -0.15) is 4.80 Å². The number of aryl methyl sites for hydroxylation is 2. The van der Waals surface area contributed by atoms with Crippen LogP contribution < -0.4 is 4.74 Å². The topological polar surface area (TPSA) is 65.7 Å². The van der Waals surface area contributed by atoms with E-state index in [1.807, 2.05) is 36.6 Å². The van der Waals surface area contributed by atoms with Crippen molar-refractivity contribution in [2.75, 3.05) is 0 Å². The largest absolute Gasteiger partial charge is 0.485 e. The molecule has 0 atom stereocenters. The minimum atomic E-state index is 0.300. The summed E-state index contributed by atoms with van der Waals surface area (Å²) in [4.78, 5) is 5.88. The van der Waals surface area contributed by atoms with E-state index in [4.69, 9.17) is 4.74 Å². The Bertz CT molecular complexity index is 721. The average Bonchev–Trinajstić information content (AvgIpc) is 3.06. The maximum atomic E-state index is 5.67. The van der Waals surface area contributed by atoms with Gasteiger partial charge in [0.25, 0.3) is 0 Å². The second-order valence-electron chi connectivity index (χ2n) is 4.31. The van der Waals surface area contributed by atoms with Crippen molar-refractivity contribution in [3.05, 3.63) is 41.2 Å². The highest BCUT2D eigenvalue weighted by Crippen LogP contribution is 2.26. The highest BCUT2D eigenvalue weighted by Gasteiger charge is 2.05. The van der Waals surface area contributed by atoms with Gasteiger partial charge in [0.05, 0.1) is 7.05 Å². The Morgan fingerprint density at radius 3 is 2.95 bits per heavy atom. The van der Waals surface area contributed by atoms with Gasteiger partial charge in [-0.25, -0.2) is 4.98 Å². The second kappa shape index (κ2) is 5.38. The molecule has 102 valence electrons. The van der Waals surface area contributed by atoms with Crippen molar-refractivity contribution in [2.45, 2.75) is 13.5 Å². The van der Waals surface area contributed by atoms with Gasteiger partial charge >= 0.3 is 0 Å². The van der Waals surface area contributed by atoms with Crippen molar-refractivity contribution < 1.29 is 4.74 Å². The molecule has 6 nitrogen and oxygen atoms in total. The van der Waals surface area contributed by atoms with Gasteiger partial charge in [-0.1, -0.05) is 12.1 Å². The van der Waals surface area contributed by atoms with Gasteiger partial charge in [-0.3, -0.25) is 0 Å². The zero-order valence-corrected chi connectivity index (χ0v) is 12.0. The van der Waals surface area contributed by atoms with Crippen LogP contribution in [0.25, 0.3) is 10.6 Å². The molecular formula is C13H13N5OS. The van der Waals surface area contributed by atoms with E-state index in [-0.39, 0.29) is 0 Å². The zero-order chi connectivity index (χ0) is 13.9. The average molecular weight is 287 g/mol. The molecule has 2 aromatic heterocycles. The van der Waals surface area contributed by atoms with Gasteiger partial charge in [-0.15, -0.1) is 21.5 Å². The van der Waals surface area contributed by atoms with Crippen LogP contribution in [0.5, 0.6) is 5.75 Å². The molecule has 20 heavy (non-hydrogen) atoms. The Kier molecular flexibility index (Phi) is 3.42. The molecule has 0 bridgehead atoms. The van der Waals surface area contributed by atoms with Gasteiger partial charge in [0.2, 0.25) is 5.82 Å². The van der Waals surface area contributed by atoms with Crippen molar-refractivity contribution in [2.24, 2.45) is 7.05 Å². The highest BCUT2D eigenvalue weighted by atomic mass is 32.1. The second-order valence-corrected chi connectivity index (χ2v) is 5.16. The summed E-state index contributed by atoms with van der Waals surface area (Å²) in [6.45, 7) is 2.29. The molecule has 7 heteroatoms. The van der Waals surface area contributed by atoms with Crippen LogP contribution in [0.4, 0.5) is 0 Å². The molecule has 0 aliphatic rings. The number of hydrogen-bond donors (Lipinski definition) is 0. The third-order valence-corrected chi connectivity index (χ3v) is 3.63. The van der Waals surface area contributed by atoms with Crippen LogP contribution in [0.1, 0.15) is 11.5 Å². The number of thiazole rings is 1. The van der Waals surface area contributed by atoms with E-state index < -0.39 is 0 Å². The van der Waals surface area contributed by atoms with E-state index in [9.17, 15) is 0 Å². The predicted octanol–water partition coefficient (Wildman–Crippen LogP) is 2.22. The molecule has 0 saturated carbocycles. The fraction of sp³-hybridized carbons (Fsp3) is 0.231. The lowest BCUT2D eigenvalue weighted by molar-refractivity contribution is 0.295. The number of benzene rings is 1. The minimum absolute atomic E-state index is 0.300. The number of tetrazole rings is 1. The smallest absolute Gasteiger partial charge is 0.212 e. The van der Waals surface area contributed by atoms with Crippen LogP contribution in [0, 0.1) is 6.92 Å². The first-order valence-electron chi connectivity index (χ1n) is 6.09. The third-order valence-electron chi connectivity index (χ3n) is 2.62. The Balaban J connectivity index is 1.74. The van der Waals surface area contributed by atoms with E-state index in [0.717, 1.165) is 22.0 Å². The molecule has 0 amide bonds. The summed E-state index contributed by atoms with van der Waals surface area (Å²) in [5.41, 5.74) is 2.08. The Morgan fingerprint density at radius 1 is 1.35 bits per heavy atom. The summed E-state index contributed by atoms with van der Waals surface area (Å²) in [6, 6.07) is 7.84. The molecule has 0 aliphatic heterocycles. The van der Waals surface area contributed by atoms with Crippen LogP contribution in [0.15, 0.2) is 29.6 Å². The van der Waals surface area contributed by atoms with E-state index in [2.05, 4.69) is 20.4 Å². The summed E-state index contributed by atoms with van der Waals surface area (Å²) >= 11 is 1.62. The molecule has 0 unspecified atom stereocenters. The van der Waals surface area contributed by atoms with Gasteiger partial charge in [0, 0.05) is 16.6 Å². The Labute approximate surface area is 120 Å². The fourth-order valence-corrected chi connectivity index (χ4v) is 2.53. The number of nitrogens with zero attached hydrogens (tertiary/aromatic N) is 5. The van der Waals surface area contributed by atoms with Crippen molar-refractivity contribution in [3.63, 3.8) is 0 Å². The van der Waals surface area contributed by atoms with Gasteiger partial charge in [0.1, 0.15) is 10.8 Å². The summed E-state index contributed by atoms with van der Waals surface area (Å²) in [7, 11) is 1.72. The van der Waals surface area contributed by atoms with Crippen LogP contribution >= 0.6 is 11.3 Å². The molecule has 0 N–H and O–H groups in total. The van der Waals surface area contributed by atoms with E-state index >= 15 is 0 Å². The van der Waals surface area contributed by atoms with E-state index in [0.29, 0.717) is 12.4 Å². The fourth-order valence-electron chi connectivity index (χ4n) is 1.73. The summed E-state index contributed by atoms with van der Waals surface area (Å²) in [6.07, 6.45) is 0. The zero-order valence-electron chi connectivity index (χ0n) is 11.1. The standard InChI is InChI=1S/C13H13N5OS/c1-9-8-20-13(14-9)10-4-3-5-11(6-10)19-7-12-15-17-18(2)16-12/h3-6,8H,7H2,1-2H3. The lowest BCUT2D eigenvalue weighted by Gasteiger charge is -2.04. The maximum absolute atomic E-state index is 5.67. The Morgan fingerprint density at radius 2 is 2.25 bits per heavy atom. The van der Waals surface area contributed by atoms with Crippen molar-refractivity contribution >= 4 is 11.3 Å². The van der Waals surface area contributed by atoms with Crippen LogP contribution in [0.2, 0.25) is 0 Å². The molecule has 3 aromatic rings. The predicted molar refractivity (Wildman–Crippen MR) is 75.4 cm³/mol. The highest BCUT2D eigenvalue weighted by molar-refractivity contribution is 7.13. The first-order valence-corrected chi connectivity index (χ1v) is 6.97. The van der Waals surface area contributed by atoms with Crippen LogP contribution in [-0.2, 0) is 13.7 Å². The lowest BCUT2D eigenvalue weighted by Crippen LogP contribution is -1.99. The minimum Gasteiger partial charge on any atom is -0.485 e. The maximum Gasteiger partial charge on any atom is 0.212 e. The van der Waals surface area contributed by atoms with E-state index in [1.54, 1.807) is 18.4 Å². The Hall–Kier alpha value is -2.28. The van der Waals surface area contributed by atoms with Crippen molar-refractivity contribution in [3.8, 4) is 16.3 Å². The van der Waals surface area contributed by atoms with Gasteiger partial charge < -0.3 is 4.74 Å². The molecular weight excluding hydrogens is 274 g/mol. The molecule has 2 heterocycles. The number of rotatable bonds is 4. The third kappa shape index (κ3) is 2.83. The summed E-state index contributed by atoms with van der Waals surface area (Å²) in [5, 5.41) is 14.7. The first kappa shape index (κ1) is 12.7. The van der Waals surface area contributed by atoms with E-state index in [1.165, 1.54) is 4.80 Å². The molecule has 3 rings (SSSR count). The monoisotopic (exact) mass is 287 g/mol. The molecule has 1 aromatic carbocycles. The molecule has 0 radical (unpaired) electrons. The first-order chi connectivity index (χ1) is 9.70.